The minimum absolute atomic E-state index is 0.127. The number of hydrogen-bond acceptors (Lipinski definition) is 4. The largest absolute Gasteiger partial charge is 0.350 e. The second-order valence-corrected chi connectivity index (χ2v) is 6.37. The molecule has 2 heterocycles. The Balaban J connectivity index is 1.88. The van der Waals surface area contributed by atoms with Gasteiger partial charge >= 0.3 is 0 Å². The van der Waals surface area contributed by atoms with Gasteiger partial charge in [-0.25, -0.2) is 0 Å². The molecule has 6 heteroatoms. The second-order valence-electron chi connectivity index (χ2n) is 5.94. The fourth-order valence-electron chi connectivity index (χ4n) is 2.84. The smallest absolute Gasteiger partial charge is 0.263 e. The highest BCUT2D eigenvalue weighted by Crippen LogP contribution is 2.24. The van der Waals surface area contributed by atoms with Crippen molar-refractivity contribution < 1.29 is 4.52 Å². The average molecular weight is 352 g/mol. The molecule has 4 rings (SSSR count). The lowest BCUT2D eigenvalue weighted by Gasteiger charge is -2.07. The zero-order chi connectivity index (χ0) is 17.6. The zero-order valence-electron chi connectivity index (χ0n) is 13.7. The van der Waals surface area contributed by atoms with E-state index in [1.165, 1.54) is 0 Å². The van der Waals surface area contributed by atoms with Gasteiger partial charge in [-0.15, -0.1) is 0 Å². The topological polar surface area (TPSA) is 60.9 Å². The number of aryl methyl sites for hydroxylation is 2. The number of hydrogen-bond donors (Lipinski definition) is 0. The van der Waals surface area contributed by atoms with Crippen LogP contribution in [0.5, 0.6) is 0 Å². The van der Waals surface area contributed by atoms with Gasteiger partial charge in [0.15, 0.2) is 0 Å². The molecule has 0 atom stereocenters. The summed E-state index contributed by atoms with van der Waals surface area (Å²) in [6, 6.07) is 12.9. The van der Waals surface area contributed by atoms with Crippen LogP contribution < -0.4 is 5.43 Å². The molecular weight excluding hydrogens is 338 g/mol. The van der Waals surface area contributed by atoms with E-state index >= 15 is 0 Å². The summed E-state index contributed by atoms with van der Waals surface area (Å²) in [5.74, 6) is 0.586. The van der Waals surface area contributed by atoms with Crippen molar-refractivity contribution in [3.05, 3.63) is 69.5 Å². The number of aromatic nitrogens is 3. The molecule has 0 aliphatic rings. The first kappa shape index (κ1) is 15.6. The minimum Gasteiger partial charge on any atom is -0.350 e. The van der Waals surface area contributed by atoms with Crippen LogP contribution in [0.2, 0.25) is 5.02 Å². The second kappa shape index (κ2) is 5.86. The van der Waals surface area contributed by atoms with Gasteiger partial charge in [0.1, 0.15) is 5.56 Å². The van der Waals surface area contributed by atoms with Gasteiger partial charge in [-0.1, -0.05) is 40.5 Å². The minimum atomic E-state index is -0.127. The average Bonchev–Trinajstić information content (AvgIpc) is 3.08. The molecular formula is C19H14ClN3O2. The van der Waals surface area contributed by atoms with E-state index in [1.54, 1.807) is 18.3 Å². The van der Waals surface area contributed by atoms with Crippen molar-refractivity contribution in [1.82, 2.24) is 14.7 Å². The molecule has 124 valence electrons. The fourth-order valence-corrected chi connectivity index (χ4v) is 3.03. The summed E-state index contributed by atoms with van der Waals surface area (Å²) in [5.41, 5.74) is 2.86. The van der Waals surface area contributed by atoms with Crippen molar-refractivity contribution in [2.24, 2.45) is 7.05 Å². The van der Waals surface area contributed by atoms with Crippen molar-refractivity contribution >= 4 is 22.5 Å². The van der Waals surface area contributed by atoms with Crippen LogP contribution in [0.25, 0.3) is 33.7 Å². The Morgan fingerprint density at radius 3 is 2.80 bits per heavy atom. The summed E-state index contributed by atoms with van der Waals surface area (Å²) >= 11 is 6.01. The number of fused-ring (bicyclic) bond motifs is 1. The highest BCUT2D eigenvalue weighted by atomic mass is 35.5. The lowest BCUT2D eigenvalue weighted by Crippen LogP contribution is -2.10. The molecule has 0 radical (unpaired) electrons. The molecule has 0 saturated heterocycles. The Bertz CT molecular complexity index is 1160. The molecule has 0 amide bonds. The van der Waals surface area contributed by atoms with Crippen LogP contribution in [0.1, 0.15) is 5.56 Å². The third-order valence-electron chi connectivity index (χ3n) is 4.08. The van der Waals surface area contributed by atoms with Gasteiger partial charge in [0.05, 0.1) is 5.52 Å². The summed E-state index contributed by atoms with van der Waals surface area (Å²) in [6.45, 7) is 1.95. The molecule has 0 N–H and O–H groups in total. The molecule has 0 saturated carbocycles. The Kier molecular flexibility index (Phi) is 3.66. The van der Waals surface area contributed by atoms with Crippen molar-refractivity contribution in [3.8, 4) is 22.8 Å². The van der Waals surface area contributed by atoms with Crippen molar-refractivity contribution in [3.63, 3.8) is 0 Å². The van der Waals surface area contributed by atoms with Crippen LogP contribution in [0.3, 0.4) is 0 Å². The number of halogens is 1. The molecule has 0 aliphatic heterocycles. The first-order chi connectivity index (χ1) is 12.0. The molecule has 4 aromatic rings. The summed E-state index contributed by atoms with van der Waals surface area (Å²) in [4.78, 5) is 17.2. The SMILES string of the molecule is Cc1ccc2c(c1)c(=O)c(-c1nc(-c3cccc(Cl)c3)no1)cn2C. The van der Waals surface area contributed by atoms with E-state index in [0.717, 1.165) is 16.6 Å². The van der Waals surface area contributed by atoms with Crippen LogP contribution >= 0.6 is 11.6 Å². The normalized spacial score (nSPS) is 11.2. The van der Waals surface area contributed by atoms with Crippen LogP contribution in [-0.4, -0.2) is 14.7 Å². The van der Waals surface area contributed by atoms with Crippen molar-refractivity contribution in [1.29, 1.82) is 0 Å². The Hall–Kier alpha value is -2.92. The van der Waals surface area contributed by atoms with Gasteiger partial charge in [-0.3, -0.25) is 4.79 Å². The van der Waals surface area contributed by atoms with E-state index in [0.29, 0.717) is 21.8 Å². The third kappa shape index (κ3) is 2.72. The van der Waals surface area contributed by atoms with E-state index in [-0.39, 0.29) is 11.3 Å². The molecule has 0 bridgehead atoms. The Morgan fingerprint density at radius 1 is 1.16 bits per heavy atom. The van der Waals surface area contributed by atoms with Crippen LogP contribution in [0, 0.1) is 6.92 Å². The van der Waals surface area contributed by atoms with Gasteiger partial charge in [0, 0.05) is 29.2 Å². The maximum atomic E-state index is 12.9. The molecule has 0 spiro atoms. The van der Waals surface area contributed by atoms with E-state index < -0.39 is 0 Å². The third-order valence-corrected chi connectivity index (χ3v) is 4.32. The predicted octanol–water partition coefficient (Wildman–Crippen LogP) is 4.22. The van der Waals surface area contributed by atoms with Crippen LogP contribution in [0.4, 0.5) is 0 Å². The lowest BCUT2D eigenvalue weighted by molar-refractivity contribution is 0.432. The predicted molar refractivity (Wildman–Crippen MR) is 97.7 cm³/mol. The molecule has 0 unspecified atom stereocenters. The quantitative estimate of drug-likeness (QED) is 0.542. The van der Waals surface area contributed by atoms with Crippen LogP contribution in [-0.2, 0) is 7.05 Å². The van der Waals surface area contributed by atoms with E-state index in [1.807, 2.05) is 48.9 Å². The standard InChI is InChI=1S/C19H14ClN3O2/c1-11-6-7-16-14(8-11)17(24)15(10-23(16)2)19-21-18(22-25-19)12-4-3-5-13(20)9-12/h3-10H,1-2H3. The molecule has 0 aliphatic carbocycles. The number of benzene rings is 2. The summed E-state index contributed by atoms with van der Waals surface area (Å²) in [6.07, 6.45) is 1.72. The number of nitrogens with zero attached hydrogens (tertiary/aromatic N) is 3. The Morgan fingerprint density at radius 2 is 2.00 bits per heavy atom. The summed E-state index contributed by atoms with van der Waals surface area (Å²) < 4.78 is 7.23. The first-order valence-corrected chi connectivity index (χ1v) is 8.11. The Labute approximate surface area is 148 Å². The highest BCUT2D eigenvalue weighted by Gasteiger charge is 2.16. The monoisotopic (exact) mass is 351 g/mol. The first-order valence-electron chi connectivity index (χ1n) is 7.73. The number of rotatable bonds is 2. The van der Waals surface area contributed by atoms with Crippen molar-refractivity contribution in [2.75, 3.05) is 0 Å². The van der Waals surface area contributed by atoms with E-state index in [2.05, 4.69) is 10.1 Å². The van der Waals surface area contributed by atoms with Gasteiger partial charge in [-0.05, 0) is 31.2 Å². The highest BCUT2D eigenvalue weighted by molar-refractivity contribution is 6.30. The fraction of sp³-hybridized carbons (Fsp3) is 0.105. The van der Waals surface area contributed by atoms with Gasteiger partial charge in [0.25, 0.3) is 5.89 Å². The van der Waals surface area contributed by atoms with Crippen molar-refractivity contribution in [2.45, 2.75) is 6.92 Å². The maximum Gasteiger partial charge on any atom is 0.263 e. The lowest BCUT2D eigenvalue weighted by atomic mass is 10.1. The van der Waals surface area contributed by atoms with Gasteiger partial charge in [-0.2, -0.15) is 4.98 Å². The molecule has 0 fully saturated rings. The van der Waals surface area contributed by atoms with Gasteiger partial charge < -0.3 is 9.09 Å². The van der Waals surface area contributed by atoms with Crippen LogP contribution in [0.15, 0.2) is 58.0 Å². The molecule has 25 heavy (non-hydrogen) atoms. The molecule has 5 nitrogen and oxygen atoms in total. The maximum absolute atomic E-state index is 12.9. The number of pyridine rings is 1. The molecule has 2 aromatic carbocycles. The van der Waals surface area contributed by atoms with Gasteiger partial charge in [0.2, 0.25) is 11.3 Å². The van der Waals surface area contributed by atoms with E-state index in [4.69, 9.17) is 16.1 Å². The zero-order valence-corrected chi connectivity index (χ0v) is 14.4. The summed E-state index contributed by atoms with van der Waals surface area (Å²) in [5, 5.41) is 5.19. The summed E-state index contributed by atoms with van der Waals surface area (Å²) in [7, 11) is 1.88. The van der Waals surface area contributed by atoms with E-state index in [9.17, 15) is 4.79 Å². The molecule has 2 aromatic heterocycles.